The maximum Gasteiger partial charge on any atom is 0.215 e. The summed E-state index contributed by atoms with van der Waals surface area (Å²) in [4.78, 5) is 12.8. The summed E-state index contributed by atoms with van der Waals surface area (Å²) >= 11 is 0. The second-order valence-electron chi connectivity index (χ2n) is 10.3. The highest BCUT2D eigenvalue weighted by atomic mass is 32.2. The number of carbonyl (C=O) groups excluding carboxylic acids is 1. The summed E-state index contributed by atoms with van der Waals surface area (Å²) < 4.78 is 28.5. The van der Waals surface area contributed by atoms with E-state index in [2.05, 4.69) is 38.1 Å². The summed E-state index contributed by atoms with van der Waals surface area (Å²) in [5.74, 6) is 0.566. The number of aryl methyl sites for hydroxylation is 1. The summed E-state index contributed by atoms with van der Waals surface area (Å²) in [5.41, 5.74) is 2.18. The van der Waals surface area contributed by atoms with Gasteiger partial charge >= 0.3 is 0 Å². The number of fused-ring (bicyclic) bond motifs is 4. The highest BCUT2D eigenvalue weighted by molar-refractivity contribution is 7.89. The van der Waals surface area contributed by atoms with Gasteiger partial charge in [-0.15, -0.1) is 0 Å². The number of nitrogens with zero attached hydrogens (tertiary/aromatic N) is 1. The number of carbonyl (C=O) groups is 1. The first-order chi connectivity index (χ1) is 13.2. The van der Waals surface area contributed by atoms with Crippen molar-refractivity contribution in [2.75, 3.05) is 18.8 Å². The van der Waals surface area contributed by atoms with Crippen LogP contribution in [0.1, 0.15) is 63.5 Å². The lowest BCUT2D eigenvalue weighted by Crippen LogP contribution is -2.50. The molecule has 2 saturated carbocycles. The van der Waals surface area contributed by atoms with Gasteiger partial charge in [0, 0.05) is 24.9 Å². The predicted molar refractivity (Wildman–Crippen MR) is 110 cm³/mol. The van der Waals surface area contributed by atoms with Gasteiger partial charge in [-0.25, -0.2) is 12.7 Å². The Bertz CT molecular complexity index is 927. The molecule has 4 nitrogen and oxygen atoms in total. The van der Waals surface area contributed by atoms with E-state index in [4.69, 9.17) is 0 Å². The molecule has 1 aromatic rings. The van der Waals surface area contributed by atoms with Crippen molar-refractivity contribution in [1.82, 2.24) is 4.31 Å². The molecule has 1 aromatic carbocycles. The molecule has 0 amide bonds. The Hall–Kier alpha value is -1.20. The van der Waals surface area contributed by atoms with E-state index in [1.54, 1.807) is 4.31 Å². The van der Waals surface area contributed by atoms with E-state index < -0.39 is 15.4 Å². The number of sulfonamides is 1. The largest absolute Gasteiger partial charge is 0.299 e. The lowest BCUT2D eigenvalue weighted by atomic mass is 9.70. The van der Waals surface area contributed by atoms with Gasteiger partial charge in [-0.2, -0.15) is 0 Å². The van der Waals surface area contributed by atoms with E-state index >= 15 is 0 Å². The van der Waals surface area contributed by atoms with Gasteiger partial charge in [-0.05, 0) is 66.4 Å². The Labute approximate surface area is 168 Å². The monoisotopic (exact) mass is 401 g/mol. The SMILES string of the molecule is CC1(C)C2CC[C@@]1(CS(=O)(=O)N1CCC3(CCc4ccccc43)CC1)C(=O)C2. The highest BCUT2D eigenvalue weighted by Crippen LogP contribution is 2.64. The number of ketones is 1. The van der Waals surface area contributed by atoms with Gasteiger partial charge in [-0.1, -0.05) is 38.1 Å². The van der Waals surface area contributed by atoms with Crippen LogP contribution in [0, 0.1) is 16.7 Å². The molecule has 3 aliphatic carbocycles. The van der Waals surface area contributed by atoms with Crippen LogP contribution in [0.3, 0.4) is 0 Å². The van der Waals surface area contributed by atoms with Gasteiger partial charge in [-0.3, -0.25) is 4.79 Å². The number of Topliss-reactive ketones (excluding diaryl/α,β-unsaturated/α-hetero) is 1. The predicted octanol–water partition coefficient (Wildman–Crippen LogP) is 3.69. The molecule has 152 valence electrons. The number of rotatable bonds is 3. The molecule has 0 aromatic heterocycles. The molecule has 1 unspecified atom stereocenters. The first-order valence-corrected chi connectivity index (χ1v) is 12.4. The van der Waals surface area contributed by atoms with Gasteiger partial charge in [0.15, 0.2) is 0 Å². The fourth-order valence-corrected chi connectivity index (χ4v) is 9.21. The summed E-state index contributed by atoms with van der Waals surface area (Å²) in [6, 6.07) is 8.67. The maximum atomic E-state index is 13.4. The van der Waals surface area contributed by atoms with E-state index in [0.29, 0.717) is 25.4 Å². The van der Waals surface area contributed by atoms with Crippen LogP contribution < -0.4 is 0 Å². The van der Waals surface area contributed by atoms with Crippen molar-refractivity contribution in [3.8, 4) is 0 Å². The van der Waals surface area contributed by atoms with Crippen molar-refractivity contribution in [1.29, 1.82) is 0 Å². The van der Waals surface area contributed by atoms with Crippen LogP contribution in [0.15, 0.2) is 24.3 Å². The minimum absolute atomic E-state index is 0.0198. The van der Waals surface area contributed by atoms with Crippen molar-refractivity contribution in [3.05, 3.63) is 35.4 Å². The van der Waals surface area contributed by atoms with Crippen LogP contribution in [0.5, 0.6) is 0 Å². The molecule has 0 radical (unpaired) electrons. The lowest BCUT2D eigenvalue weighted by Gasteiger charge is -2.42. The van der Waals surface area contributed by atoms with Crippen LogP contribution in [0.2, 0.25) is 0 Å². The third kappa shape index (κ3) is 2.38. The van der Waals surface area contributed by atoms with Gasteiger partial charge in [0.2, 0.25) is 10.0 Å². The van der Waals surface area contributed by atoms with Crippen LogP contribution in [-0.4, -0.2) is 37.3 Å². The summed E-state index contributed by atoms with van der Waals surface area (Å²) in [6.07, 6.45) is 6.35. The Morgan fingerprint density at radius 3 is 2.43 bits per heavy atom. The van der Waals surface area contributed by atoms with E-state index in [1.807, 2.05) is 0 Å². The minimum Gasteiger partial charge on any atom is -0.299 e. The number of piperidine rings is 1. The van der Waals surface area contributed by atoms with Gasteiger partial charge in [0.25, 0.3) is 0 Å². The molecule has 1 aliphatic heterocycles. The Morgan fingerprint density at radius 1 is 1.07 bits per heavy atom. The van der Waals surface area contributed by atoms with Crippen molar-refractivity contribution in [3.63, 3.8) is 0 Å². The Balaban J connectivity index is 1.35. The fourth-order valence-electron chi connectivity index (χ4n) is 6.99. The zero-order valence-electron chi connectivity index (χ0n) is 17.0. The normalized spacial score (nSPS) is 33.5. The summed E-state index contributed by atoms with van der Waals surface area (Å²) in [7, 11) is -3.43. The quantitative estimate of drug-likeness (QED) is 0.776. The molecule has 5 rings (SSSR count). The molecular weight excluding hydrogens is 370 g/mol. The third-order valence-electron chi connectivity index (χ3n) is 9.10. The van der Waals surface area contributed by atoms with Crippen LogP contribution in [0.25, 0.3) is 0 Å². The molecular formula is C23H31NO3S. The molecule has 0 N–H and O–H groups in total. The van der Waals surface area contributed by atoms with Crippen molar-refractivity contribution < 1.29 is 13.2 Å². The first-order valence-electron chi connectivity index (χ1n) is 10.8. The molecule has 1 spiro atoms. The molecule has 1 saturated heterocycles. The zero-order chi connectivity index (χ0) is 19.8. The average Bonchev–Trinajstić information content (AvgIpc) is 3.19. The van der Waals surface area contributed by atoms with Gasteiger partial charge < -0.3 is 0 Å². The van der Waals surface area contributed by atoms with Crippen molar-refractivity contribution in [2.24, 2.45) is 16.7 Å². The standard InChI is InChI=1S/C23H31NO3S/c1-21(2)18-8-10-23(21,20(25)15-18)16-28(26,27)24-13-11-22(12-14-24)9-7-17-5-3-4-6-19(17)22/h3-6,18H,7-16H2,1-2H3/t18?,23-/m1/s1. The maximum absolute atomic E-state index is 13.4. The zero-order valence-corrected chi connectivity index (χ0v) is 17.9. The van der Waals surface area contributed by atoms with Crippen molar-refractivity contribution in [2.45, 2.75) is 64.2 Å². The Morgan fingerprint density at radius 2 is 1.79 bits per heavy atom. The highest BCUT2D eigenvalue weighted by Gasteiger charge is 2.65. The van der Waals surface area contributed by atoms with Gasteiger partial charge in [0.05, 0.1) is 5.75 Å². The molecule has 5 heteroatoms. The third-order valence-corrected chi connectivity index (χ3v) is 11.1. The second-order valence-corrected chi connectivity index (χ2v) is 12.2. The number of hydrogen-bond donors (Lipinski definition) is 0. The lowest BCUT2D eigenvalue weighted by molar-refractivity contribution is -0.128. The second kappa shape index (κ2) is 5.91. The number of benzene rings is 1. The minimum atomic E-state index is -3.43. The molecule has 2 atom stereocenters. The summed E-state index contributed by atoms with van der Waals surface area (Å²) in [5, 5.41) is 0. The van der Waals surface area contributed by atoms with E-state index in [1.165, 1.54) is 11.1 Å². The fraction of sp³-hybridized carbons (Fsp3) is 0.696. The first kappa shape index (κ1) is 18.8. The topological polar surface area (TPSA) is 54.5 Å². The number of hydrogen-bond acceptors (Lipinski definition) is 3. The smallest absolute Gasteiger partial charge is 0.215 e. The molecule has 1 heterocycles. The van der Waals surface area contributed by atoms with Crippen LogP contribution in [-0.2, 0) is 26.7 Å². The van der Waals surface area contributed by atoms with Crippen molar-refractivity contribution >= 4 is 15.8 Å². The molecule has 2 bridgehead atoms. The summed E-state index contributed by atoms with van der Waals surface area (Å²) in [6.45, 7) is 5.41. The molecule has 28 heavy (non-hydrogen) atoms. The molecule has 3 fully saturated rings. The van der Waals surface area contributed by atoms with E-state index in [-0.39, 0.29) is 22.4 Å². The molecule has 4 aliphatic rings. The van der Waals surface area contributed by atoms with Crippen LogP contribution in [0.4, 0.5) is 0 Å². The van der Waals surface area contributed by atoms with Crippen LogP contribution >= 0.6 is 0 Å². The van der Waals surface area contributed by atoms with E-state index in [9.17, 15) is 13.2 Å². The van der Waals surface area contributed by atoms with E-state index in [0.717, 1.165) is 38.5 Å². The van der Waals surface area contributed by atoms with Gasteiger partial charge in [0.1, 0.15) is 5.78 Å². The Kier molecular flexibility index (Phi) is 3.97. The average molecular weight is 402 g/mol.